The van der Waals surface area contributed by atoms with Crippen LogP contribution >= 0.6 is 0 Å². The van der Waals surface area contributed by atoms with E-state index < -0.39 is 0 Å². The van der Waals surface area contributed by atoms with E-state index in [0.29, 0.717) is 5.75 Å². The molecule has 2 N–H and O–H groups in total. The third-order valence-electron chi connectivity index (χ3n) is 5.28. The predicted octanol–water partition coefficient (Wildman–Crippen LogP) is 3.33. The molecule has 0 aromatic heterocycles. The fourth-order valence-corrected chi connectivity index (χ4v) is 3.92. The molecule has 2 fully saturated rings. The largest absolute Gasteiger partial charge is 0.483 e. The number of nitrogens with zero attached hydrogens (tertiary/aromatic N) is 1. The van der Waals surface area contributed by atoms with Crippen LogP contribution in [-0.2, 0) is 0 Å². The SMILES string of the molecule is Cc1cccc([N+](=O)[O-])c1OC1CC(N)C12CCCCC2. The highest BCUT2D eigenvalue weighted by Gasteiger charge is 2.55. The van der Waals surface area contributed by atoms with E-state index in [1.165, 1.54) is 25.3 Å². The second-order valence-electron chi connectivity index (χ2n) is 6.42. The van der Waals surface area contributed by atoms with Crippen molar-refractivity contribution in [2.45, 2.75) is 57.6 Å². The Bertz CT molecular complexity index is 552. The van der Waals surface area contributed by atoms with Crippen LogP contribution in [0.15, 0.2) is 18.2 Å². The van der Waals surface area contributed by atoms with Gasteiger partial charge in [0.2, 0.25) is 0 Å². The lowest BCUT2D eigenvalue weighted by Gasteiger charge is -2.56. The molecule has 0 radical (unpaired) electrons. The summed E-state index contributed by atoms with van der Waals surface area (Å²) < 4.78 is 6.12. The van der Waals surface area contributed by atoms with E-state index in [1.54, 1.807) is 6.07 Å². The van der Waals surface area contributed by atoms with Crippen LogP contribution in [0.4, 0.5) is 5.69 Å². The van der Waals surface area contributed by atoms with Crippen molar-refractivity contribution in [3.8, 4) is 5.75 Å². The minimum atomic E-state index is -0.367. The molecule has 0 heterocycles. The van der Waals surface area contributed by atoms with Crippen LogP contribution in [0.1, 0.15) is 44.1 Å². The quantitative estimate of drug-likeness (QED) is 0.684. The maximum absolute atomic E-state index is 11.2. The minimum Gasteiger partial charge on any atom is -0.483 e. The number of para-hydroxylation sites is 1. The first-order chi connectivity index (χ1) is 10.0. The summed E-state index contributed by atoms with van der Waals surface area (Å²) in [4.78, 5) is 10.8. The molecule has 2 aliphatic carbocycles. The molecule has 2 aliphatic rings. The van der Waals surface area contributed by atoms with Crippen LogP contribution in [-0.4, -0.2) is 17.1 Å². The zero-order valence-corrected chi connectivity index (χ0v) is 12.4. The van der Waals surface area contributed by atoms with Crippen molar-refractivity contribution in [3.63, 3.8) is 0 Å². The molecule has 1 spiro atoms. The fourth-order valence-electron chi connectivity index (χ4n) is 3.92. The molecule has 5 heteroatoms. The lowest BCUT2D eigenvalue weighted by Crippen LogP contribution is -2.64. The average molecular weight is 290 g/mol. The van der Waals surface area contributed by atoms with Crippen LogP contribution in [0, 0.1) is 22.5 Å². The van der Waals surface area contributed by atoms with Crippen molar-refractivity contribution < 1.29 is 9.66 Å². The maximum atomic E-state index is 11.2. The molecule has 0 amide bonds. The van der Waals surface area contributed by atoms with E-state index in [4.69, 9.17) is 10.5 Å². The third-order valence-corrected chi connectivity index (χ3v) is 5.28. The number of ether oxygens (including phenoxy) is 1. The van der Waals surface area contributed by atoms with Gasteiger partial charge in [-0.2, -0.15) is 0 Å². The van der Waals surface area contributed by atoms with E-state index in [2.05, 4.69) is 0 Å². The molecular formula is C16H22N2O3. The summed E-state index contributed by atoms with van der Waals surface area (Å²) in [5.41, 5.74) is 7.16. The van der Waals surface area contributed by atoms with E-state index in [9.17, 15) is 10.1 Å². The molecule has 21 heavy (non-hydrogen) atoms. The lowest BCUT2D eigenvalue weighted by molar-refractivity contribution is -0.386. The van der Waals surface area contributed by atoms with Crippen LogP contribution in [0.5, 0.6) is 5.75 Å². The minimum absolute atomic E-state index is 0.0209. The zero-order chi connectivity index (χ0) is 15.0. The molecule has 2 unspecified atom stereocenters. The molecule has 114 valence electrons. The van der Waals surface area contributed by atoms with Crippen LogP contribution in [0.3, 0.4) is 0 Å². The monoisotopic (exact) mass is 290 g/mol. The van der Waals surface area contributed by atoms with Gasteiger partial charge in [-0.1, -0.05) is 31.4 Å². The number of aryl methyl sites for hydroxylation is 1. The van der Waals surface area contributed by atoms with Gasteiger partial charge in [0.15, 0.2) is 5.75 Å². The Kier molecular flexibility index (Phi) is 3.61. The summed E-state index contributed by atoms with van der Waals surface area (Å²) in [5.74, 6) is 0.421. The first-order valence-corrected chi connectivity index (χ1v) is 7.71. The Morgan fingerprint density at radius 2 is 2.05 bits per heavy atom. The van der Waals surface area contributed by atoms with Crippen LogP contribution < -0.4 is 10.5 Å². The van der Waals surface area contributed by atoms with Gasteiger partial charge in [0.25, 0.3) is 0 Å². The van der Waals surface area contributed by atoms with E-state index in [1.807, 2.05) is 13.0 Å². The van der Waals surface area contributed by atoms with E-state index in [0.717, 1.165) is 24.8 Å². The van der Waals surface area contributed by atoms with Crippen molar-refractivity contribution in [1.82, 2.24) is 0 Å². The van der Waals surface area contributed by atoms with Crippen molar-refractivity contribution in [2.75, 3.05) is 0 Å². The first-order valence-electron chi connectivity index (χ1n) is 7.71. The zero-order valence-electron chi connectivity index (χ0n) is 12.4. The molecule has 2 saturated carbocycles. The molecule has 5 nitrogen and oxygen atoms in total. The Morgan fingerprint density at radius 3 is 2.67 bits per heavy atom. The normalized spacial score (nSPS) is 27.1. The van der Waals surface area contributed by atoms with Gasteiger partial charge in [-0.3, -0.25) is 10.1 Å². The summed E-state index contributed by atoms with van der Waals surface area (Å²) in [6.45, 7) is 1.86. The van der Waals surface area contributed by atoms with Gasteiger partial charge in [0, 0.05) is 23.9 Å². The predicted molar refractivity (Wildman–Crippen MR) is 80.4 cm³/mol. The summed E-state index contributed by atoms with van der Waals surface area (Å²) in [6, 6.07) is 5.23. The highest BCUT2D eigenvalue weighted by Crippen LogP contribution is 2.53. The smallest absolute Gasteiger partial charge is 0.311 e. The van der Waals surface area contributed by atoms with Crippen molar-refractivity contribution in [1.29, 1.82) is 0 Å². The number of nitro groups is 1. The summed E-state index contributed by atoms with van der Waals surface area (Å²) in [5, 5.41) is 11.2. The lowest BCUT2D eigenvalue weighted by atomic mass is 9.55. The third kappa shape index (κ3) is 2.29. The van der Waals surface area contributed by atoms with Gasteiger partial charge in [0.1, 0.15) is 6.10 Å². The highest BCUT2D eigenvalue weighted by atomic mass is 16.6. The summed E-state index contributed by atoms with van der Waals surface area (Å²) >= 11 is 0. The molecule has 3 rings (SSSR count). The second-order valence-corrected chi connectivity index (χ2v) is 6.42. The van der Waals surface area contributed by atoms with Crippen molar-refractivity contribution in [3.05, 3.63) is 33.9 Å². The van der Waals surface area contributed by atoms with Crippen molar-refractivity contribution >= 4 is 5.69 Å². The van der Waals surface area contributed by atoms with Gasteiger partial charge < -0.3 is 10.5 Å². The molecule has 0 bridgehead atoms. The Morgan fingerprint density at radius 1 is 1.33 bits per heavy atom. The number of nitro benzene ring substituents is 1. The topological polar surface area (TPSA) is 78.4 Å². The Balaban J connectivity index is 1.86. The number of nitrogens with two attached hydrogens (primary N) is 1. The summed E-state index contributed by atoms with van der Waals surface area (Å²) in [6.07, 6.45) is 6.61. The number of hydrogen-bond acceptors (Lipinski definition) is 4. The molecule has 0 aliphatic heterocycles. The van der Waals surface area contributed by atoms with E-state index in [-0.39, 0.29) is 28.2 Å². The highest BCUT2D eigenvalue weighted by molar-refractivity contribution is 5.51. The number of rotatable bonds is 3. The van der Waals surface area contributed by atoms with Gasteiger partial charge in [-0.15, -0.1) is 0 Å². The standard InChI is InChI=1S/C16H22N2O3/c1-11-6-5-7-12(18(19)20)15(11)21-14-10-13(17)16(14)8-3-2-4-9-16/h5-7,13-14H,2-4,8-10,17H2,1H3. The molecule has 1 aromatic carbocycles. The molecular weight excluding hydrogens is 268 g/mol. The van der Waals surface area contributed by atoms with Crippen LogP contribution in [0.2, 0.25) is 0 Å². The fraction of sp³-hybridized carbons (Fsp3) is 0.625. The van der Waals surface area contributed by atoms with Gasteiger partial charge >= 0.3 is 5.69 Å². The average Bonchev–Trinajstić information content (AvgIpc) is 2.49. The van der Waals surface area contributed by atoms with Gasteiger partial charge in [-0.05, 0) is 25.3 Å². The Labute approximate surface area is 124 Å². The first kappa shape index (κ1) is 14.3. The second kappa shape index (κ2) is 5.30. The van der Waals surface area contributed by atoms with Crippen LogP contribution in [0.25, 0.3) is 0 Å². The van der Waals surface area contributed by atoms with Gasteiger partial charge in [-0.25, -0.2) is 0 Å². The van der Waals surface area contributed by atoms with E-state index >= 15 is 0 Å². The summed E-state index contributed by atoms with van der Waals surface area (Å²) in [7, 11) is 0. The number of hydrogen-bond donors (Lipinski definition) is 1. The Hall–Kier alpha value is -1.62. The molecule has 0 saturated heterocycles. The van der Waals surface area contributed by atoms with Crippen molar-refractivity contribution in [2.24, 2.45) is 11.1 Å². The maximum Gasteiger partial charge on any atom is 0.311 e. The van der Waals surface area contributed by atoms with Gasteiger partial charge in [0.05, 0.1) is 4.92 Å². The molecule has 2 atom stereocenters. The molecule has 1 aromatic rings. The number of benzene rings is 1.